The number of carbonyl (C=O) groups is 1. The summed E-state index contributed by atoms with van der Waals surface area (Å²) in [7, 11) is 0. The second-order valence-electron chi connectivity index (χ2n) is 4.78. The van der Waals surface area contributed by atoms with Crippen LogP contribution < -0.4 is 5.73 Å². The number of carbonyl (C=O) groups excluding carboxylic acids is 1. The molecule has 0 radical (unpaired) electrons. The van der Waals surface area contributed by atoms with Crippen molar-refractivity contribution in [3.8, 4) is 0 Å². The third-order valence-electron chi connectivity index (χ3n) is 2.65. The molecule has 2 heteroatoms. The van der Waals surface area contributed by atoms with E-state index in [1.165, 1.54) is 19.3 Å². The molecule has 0 bridgehead atoms. The van der Waals surface area contributed by atoms with E-state index in [-0.39, 0.29) is 0 Å². The van der Waals surface area contributed by atoms with Crippen LogP contribution in [0, 0.1) is 5.92 Å². The maximum atomic E-state index is 11.4. The van der Waals surface area contributed by atoms with Crippen molar-refractivity contribution in [1.82, 2.24) is 0 Å². The summed E-state index contributed by atoms with van der Waals surface area (Å²) in [5.41, 5.74) is 5.37. The fourth-order valence-electron chi connectivity index (χ4n) is 1.64. The van der Waals surface area contributed by atoms with Gasteiger partial charge in [0.05, 0.1) is 0 Å². The second-order valence-corrected chi connectivity index (χ2v) is 4.78. The molecule has 90 valence electrons. The van der Waals surface area contributed by atoms with Gasteiger partial charge in [-0.15, -0.1) is 0 Å². The highest BCUT2D eigenvalue weighted by Gasteiger charge is 2.01. The first-order valence-electron chi connectivity index (χ1n) is 6.38. The molecular formula is C13H27NO. The quantitative estimate of drug-likeness (QED) is 0.566. The van der Waals surface area contributed by atoms with Gasteiger partial charge in [-0.2, -0.15) is 0 Å². The van der Waals surface area contributed by atoms with Crippen molar-refractivity contribution in [2.24, 2.45) is 11.7 Å². The Morgan fingerprint density at radius 1 is 1.00 bits per heavy atom. The van der Waals surface area contributed by atoms with E-state index in [1.807, 2.05) is 0 Å². The largest absolute Gasteiger partial charge is 0.330 e. The molecule has 0 saturated carbocycles. The summed E-state index contributed by atoms with van der Waals surface area (Å²) < 4.78 is 0. The van der Waals surface area contributed by atoms with Gasteiger partial charge < -0.3 is 5.73 Å². The Kier molecular flexibility index (Phi) is 9.91. The van der Waals surface area contributed by atoms with E-state index in [1.54, 1.807) is 0 Å². The maximum Gasteiger partial charge on any atom is 0.132 e. The fraction of sp³-hybridized carbons (Fsp3) is 0.923. The monoisotopic (exact) mass is 213 g/mol. The molecule has 0 heterocycles. The van der Waals surface area contributed by atoms with Crippen LogP contribution in [0.4, 0.5) is 0 Å². The first-order valence-corrected chi connectivity index (χ1v) is 6.38. The summed E-state index contributed by atoms with van der Waals surface area (Å²) in [6.07, 6.45) is 8.33. The minimum Gasteiger partial charge on any atom is -0.330 e. The summed E-state index contributed by atoms with van der Waals surface area (Å²) in [4.78, 5) is 11.4. The van der Waals surface area contributed by atoms with E-state index in [9.17, 15) is 4.79 Å². The van der Waals surface area contributed by atoms with Crippen molar-refractivity contribution in [3.05, 3.63) is 0 Å². The predicted octanol–water partition coefficient (Wildman–Crippen LogP) is 3.29. The molecule has 0 aromatic heterocycles. The van der Waals surface area contributed by atoms with Gasteiger partial charge in [0.25, 0.3) is 0 Å². The highest BCUT2D eigenvalue weighted by molar-refractivity contribution is 5.78. The Labute approximate surface area is 94.6 Å². The van der Waals surface area contributed by atoms with E-state index in [0.717, 1.165) is 38.0 Å². The normalized spacial score (nSPS) is 10.9. The lowest BCUT2D eigenvalue weighted by Crippen LogP contribution is -2.02. The average molecular weight is 213 g/mol. The number of unbranched alkanes of at least 4 members (excludes halogenated alkanes) is 3. The van der Waals surface area contributed by atoms with Crippen molar-refractivity contribution in [2.45, 2.75) is 65.2 Å². The first-order chi connectivity index (χ1) is 7.16. The predicted molar refractivity (Wildman–Crippen MR) is 65.8 cm³/mol. The average Bonchev–Trinajstić information content (AvgIpc) is 2.17. The molecule has 0 aromatic rings. The topological polar surface area (TPSA) is 43.1 Å². The lowest BCUT2D eigenvalue weighted by Gasteiger charge is -2.04. The fourth-order valence-corrected chi connectivity index (χ4v) is 1.64. The Bertz CT molecular complexity index is 155. The van der Waals surface area contributed by atoms with Gasteiger partial charge in [-0.25, -0.2) is 0 Å². The van der Waals surface area contributed by atoms with Crippen LogP contribution in [0.1, 0.15) is 65.2 Å². The molecule has 2 nitrogen and oxygen atoms in total. The summed E-state index contributed by atoms with van der Waals surface area (Å²) in [6, 6.07) is 0. The summed E-state index contributed by atoms with van der Waals surface area (Å²) in [5, 5.41) is 0. The highest BCUT2D eigenvalue weighted by Crippen LogP contribution is 2.10. The van der Waals surface area contributed by atoms with Gasteiger partial charge in [-0.05, 0) is 31.7 Å². The van der Waals surface area contributed by atoms with E-state index >= 15 is 0 Å². The summed E-state index contributed by atoms with van der Waals surface area (Å²) in [6.45, 7) is 5.21. The molecule has 0 unspecified atom stereocenters. The summed E-state index contributed by atoms with van der Waals surface area (Å²) >= 11 is 0. The SMILES string of the molecule is CC(C)CCCCCC(=O)CCCCN. The van der Waals surface area contributed by atoms with E-state index in [0.29, 0.717) is 12.3 Å². The third-order valence-corrected chi connectivity index (χ3v) is 2.65. The Morgan fingerprint density at radius 3 is 2.13 bits per heavy atom. The molecule has 0 aliphatic heterocycles. The molecule has 0 aromatic carbocycles. The molecule has 0 aliphatic rings. The number of hydrogen-bond donors (Lipinski definition) is 1. The highest BCUT2D eigenvalue weighted by atomic mass is 16.1. The molecule has 0 spiro atoms. The molecule has 15 heavy (non-hydrogen) atoms. The van der Waals surface area contributed by atoms with Gasteiger partial charge in [-0.1, -0.05) is 33.1 Å². The summed E-state index contributed by atoms with van der Waals surface area (Å²) in [5.74, 6) is 1.22. The zero-order valence-corrected chi connectivity index (χ0v) is 10.4. The third kappa shape index (κ3) is 11.6. The molecule has 0 fully saturated rings. The van der Waals surface area contributed by atoms with Crippen LogP contribution in [0.15, 0.2) is 0 Å². The molecule has 0 atom stereocenters. The number of ketones is 1. The molecular weight excluding hydrogens is 186 g/mol. The van der Waals surface area contributed by atoms with E-state index in [2.05, 4.69) is 13.8 Å². The molecule has 0 aliphatic carbocycles. The minimum atomic E-state index is 0.424. The van der Waals surface area contributed by atoms with Crippen LogP contribution >= 0.6 is 0 Å². The second kappa shape index (κ2) is 10.2. The number of nitrogens with two attached hydrogens (primary N) is 1. The van der Waals surface area contributed by atoms with Gasteiger partial charge in [-0.3, -0.25) is 4.79 Å². The van der Waals surface area contributed by atoms with Crippen LogP contribution in [0.3, 0.4) is 0 Å². The Balaban J connectivity index is 3.17. The number of rotatable bonds is 10. The van der Waals surface area contributed by atoms with Gasteiger partial charge in [0, 0.05) is 12.8 Å². The van der Waals surface area contributed by atoms with Crippen molar-refractivity contribution < 1.29 is 4.79 Å². The lowest BCUT2D eigenvalue weighted by molar-refractivity contribution is -0.119. The molecule has 0 rings (SSSR count). The standard InChI is InChI=1S/C13H27NO/c1-12(2)8-4-3-5-9-13(15)10-6-7-11-14/h12H,3-11,14H2,1-2H3. The first kappa shape index (κ1) is 14.6. The van der Waals surface area contributed by atoms with E-state index < -0.39 is 0 Å². The van der Waals surface area contributed by atoms with Gasteiger partial charge in [0.2, 0.25) is 0 Å². The van der Waals surface area contributed by atoms with Gasteiger partial charge in [0.15, 0.2) is 0 Å². The van der Waals surface area contributed by atoms with Crippen LogP contribution in [0.25, 0.3) is 0 Å². The van der Waals surface area contributed by atoms with Crippen molar-refractivity contribution >= 4 is 5.78 Å². The van der Waals surface area contributed by atoms with Gasteiger partial charge in [0.1, 0.15) is 5.78 Å². The maximum absolute atomic E-state index is 11.4. The smallest absolute Gasteiger partial charge is 0.132 e. The Hall–Kier alpha value is -0.370. The zero-order chi connectivity index (χ0) is 11.5. The van der Waals surface area contributed by atoms with Crippen LogP contribution in [0.5, 0.6) is 0 Å². The van der Waals surface area contributed by atoms with Crippen molar-refractivity contribution in [3.63, 3.8) is 0 Å². The number of hydrogen-bond acceptors (Lipinski definition) is 2. The minimum absolute atomic E-state index is 0.424. The van der Waals surface area contributed by atoms with Crippen LogP contribution in [-0.2, 0) is 4.79 Å². The van der Waals surface area contributed by atoms with Crippen molar-refractivity contribution in [1.29, 1.82) is 0 Å². The molecule has 0 saturated heterocycles. The zero-order valence-electron chi connectivity index (χ0n) is 10.4. The Morgan fingerprint density at radius 2 is 1.60 bits per heavy atom. The molecule has 2 N–H and O–H groups in total. The van der Waals surface area contributed by atoms with Gasteiger partial charge >= 0.3 is 0 Å². The van der Waals surface area contributed by atoms with E-state index in [4.69, 9.17) is 5.73 Å². The molecule has 0 amide bonds. The number of Topliss-reactive ketones (excluding diaryl/α,β-unsaturated/α-hetero) is 1. The van der Waals surface area contributed by atoms with Crippen LogP contribution in [0.2, 0.25) is 0 Å². The lowest BCUT2D eigenvalue weighted by atomic mass is 10.0. The van der Waals surface area contributed by atoms with Crippen LogP contribution in [-0.4, -0.2) is 12.3 Å². The van der Waals surface area contributed by atoms with Crippen molar-refractivity contribution in [2.75, 3.05) is 6.54 Å².